The number of carbonyl (C=O) groups is 1. The summed E-state index contributed by atoms with van der Waals surface area (Å²) in [4.78, 5) is 16.7. The average Bonchev–Trinajstić information content (AvgIpc) is 3.09. The topological polar surface area (TPSA) is 67.7 Å². The number of aromatic nitrogens is 2. The van der Waals surface area contributed by atoms with Gasteiger partial charge < -0.3 is 19.8 Å². The number of ether oxygens (including phenoxy) is 1. The molecule has 28 heavy (non-hydrogen) atoms. The van der Waals surface area contributed by atoms with E-state index in [1.807, 2.05) is 47.1 Å². The van der Waals surface area contributed by atoms with Crippen LogP contribution in [0.15, 0.2) is 54.9 Å². The summed E-state index contributed by atoms with van der Waals surface area (Å²) >= 11 is 0. The smallest absolute Gasteiger partial charge is 0.251 e. The summed E-state index contributed by atoms with van der Waals surface area (Å²) in [5.41, 5.74) is 2.32. The van der Waals surface area contributed by atoms with Crippen LogP contribution in [-0.2, 0) is 6.61 Å². The van der Waals surface area contributed by atoms with Crippen LogP contribution in [0.2, 0.25) is 0 Å². The fraction of sp³-hybridized carbons (Fsp3) is 0.300. The van der Waals surface area contributed by atoms with Gasteiger partial charge in [0, 0.05) is 31.0 Å². The second kappa shape index (κ2) is 12.2. The zero-order valence-electron chi connectivity index (χ0n) is 15.8. The molecule has 0 saturated heterocycles. The van der Waals surface area contributed by atoms with Crippen molar-refractivity contribution in [1.29, 1.82) is 0 Å². The summed E-state index contributed by atoms with van der Waals surface area (Å²) < 4.78 is 7.76. The van der Waals surface area contributed by atoms with E-state index in [1.54, 1.807) is 12.1 Å². The molecule has 2 heterocycles. The highest BCUT2D eigenvalue weighted by molar-refractivity contribution is 5.94. The van der Waals surface area contributed by atoms with E-state index in [2.05, 4.69) is 22.5 Å². The third kappa shape index (κ3) is 6.71. The van der Waals surface area contributed by atoms with Crippen LogP contribution < -0.4 is 15.4 Å². The number of nitrogens with one attached hydrogen (secondary N) is 2. The Morgan fingerprint density at radius 3 is 2.75 bits per heavy atom. The summed E-state index contributed by atoms with van der Waals surface area (Å²) in [5.74, 6) is 0.556. The number of rotatable bonds is 9. The Morgan fingerprint density at radius 2 is 1.96 bits per heavy atom. The van der Waals surface area contributed by atoms with Crippen LogP contribution in [0.4, 0.5) is 0 Å². The first-order valence-corrected chi connectivity index (χ1v) is 8.90. The summed E-state index contributed by atoms with van der Waals surface area (Å²) in [6.07, 6.45) is 4.97. The molecule has 0 aliphatic heterocycles. The van der Waals surface area contributed by atoms with Gasteiger partial charge in [-0.25, -0.2) is 4.98 Å². The van der Waals surface area contributed by atoms with Crippen molar-refractivity contribution >= 4 is 36.4 Å². The molecule has 6 nitrogen and oxygen atoms in total. The molecule has 0 unspecified atom stereocenters. The average molecular weight is 425 g/mol. The van der Waals surface area contributed by atoms with Crippen LogP contribution in [0, 0.1) is 0 Å². The predicted molar refractivity (Wildman–Crippen MR) is 116 cm³/mol. The van der Waals surface area contributed by atoms with Gasteiger partial charge in [-0.2, -0.15) is 0 Å². The maximum Gasteiger partial charge on any atom is 0.251 e. The SMILES string of the molecule is CCCNCCNC(=O)c1cccc(OCc2cn3ccccc3n2)c1.Cl.Cl. The largest absolute Gasteiger partial charge is 0.487 e. The van der Waals surface area contributed by atoms with Crippen molar-refractivity contribution in [3.63, 3.8) is 0 Å². The monoisotopic (exact) mass is 424 g/mol. The van der Waals surface area contributed by atoms with E-state index in [9.17, 15) is 4.79 Å². The molecule has 3 aromatic rings. The molecule has 1 aromatic carbocycles. The molecule has 0 saturated carbocycles. The van der Waals surface area contributed by atoms with E-state index >= 15 is 0 Å². The molecular weight excluding hydrogens is 399 g/mol. The molecule has 1 amide bonds. The van der Waals surface area contributed by atoms with Crippen molar-refractivity contribution < 1.29 is 9.53 Å². The van der Waals surface area contributed by atoms with Crippen molar-refractivity contribution in [3.05, 3.63) is 66.1 Å². The Morgan fingerprint density at radius 1 is 1.11 bits per heavy atom. The second-order valence-electron chi connectivity index (χ2n) is 6.02. The standard InChI is InChI=1S/C20H24N4O2.2ClH/c1-2-9-21-10-11-22-20(25)16-6-5-7-18(13-16)26-15-17-14-24-12-4-3-8-19(24)23-17;;/h3-8,12-14,21H,2,9-11,15H2,1H3,(H,22,25);2*1H. The van der Waals surface area contributed by atoms with Crippen molar-refractivity contribution in [1.82, 2.24) is 20.0 Å². The Labute approximate surface area is 177 Å². The molecule has 0 atom stereocenters. The van der Waals surface area contributed by atoms with Gasteiger partial charge in [0.15, 0.2) is 0 Å². The zero-order valence-corrected chi connectivity index (χ0v) is 17.4. The number of hydrogen-bond acceptors (Lipinski definition) is 4. The third-order valence-electron chi connectivity index (χ3n) is 3.91. The molecule has 0 aliphatic carbocycles. The normalized spacial score (nSPS) is 10.0. The highest BCUT2D eigenvalue weighted by Gasteiger charge is 2.07. The number of nitrogens with zero attached hydrogens (tertiary/aromatic N) is 2. The van der Waals surface area contributed by atoms with E-state index in [4.69, 9.17) is 4.74 Å². The van der Waals surface area contributed by atoms with Crippen LogP contribution in [-0.4, -0.2) is 34.9 Å². The minimum Gasteiger partial charge on any atom is -0.487 e. The number of amides is 1. The second-order valence-corrected chi connectivity index (χ2v) is 6.02. The van der Waals surface area contributed by atoms with Crippen molar-refractivity contribution in [2.45, 2.75) is 20.0 Å². The summed E-state index contributed by atoms with van der Waals surface area (Å²) in [5, 5.41) is 6.16. The van der Waals surface area contributed by atoms with E-state index in [1.165, 1.54) is 0 Å². The molecule has 0 fully saturated rings. The summed E-state index contributed by atoms with van der Waals surface area (Å²) in [6.45, 7) is 4.80. The van der Waals surface area contributed by atoms with Crippen LogP contribution >= 0.6 is 24.8 Å². The molecule has 2 N–H and O–H groups in total. The van der Waals surface area contributed by atoms with Crippen LogP contribution in [0.25, 0.3) is 5.65 Å². The predicted octanol–water partition coefficient (Wildman–Crippen LogP) is 3.49. The number of fused-ring (bicyclic) bond motifs is 1. The molecule has 0 spiro atoms. The lowest BCUT2D eigenvalue weighted by Gasteiger charge is -2.08. The van der Waals surface area contributed by atoms with E-state index in [0.29, 0.717) is 24.5 Å². The molecule has 0 bridgehead atoms. The highest BCUT2D eigenvalue weighted by atomic mass is 35.5. The van der Waals surface area contributed by atoms with Gasteiger partial charge >= 0.3 is 0 Å². The van der Waals surface area contributed by atoms with Gasteiger partial charge in [-0.05, 0) is 43.3 Å². The summed E-state index contributed by atoms with van der Waals surface area (Å²) in [6, 6.07) is 13.1. The Hall–Kier alpha value is -2.28. The number of carbonyl (C=O) groups excluding carboxylic acids is 1. The van der Waals surface area contributed by atoms with E-state index in [0.717, 1.165) is 30.9 Å². The first-order valence-electron chi connectivity index (χ1n) is 8.90. The molecule has 0 radical (unpaired) electrons. The Bertz CT molecular complexity index is 837. The van der Waals surface area contributed by atoms with Crippen molar-refractivity contribution in [2.75, 3.05) is 19.6 Å². The number of hydrogen-bond donors (Lipinski definition) is 2. The number of halogens is 2. The number of pyridine rings is 1. The van der Waals surface area contributed by atoms with Gasteiger partial charge in [-0.3, -0.25) is 4.79 Å². The Balaban J connectivity index is 0.00000196. The molecule has 2 aromatic heterocycles. The van der Waals surface area contributed by atoms with Crippen LogP contribution in [0.5, 0.6) is 5.75 Å². The van der Waals surface area contributed by atoms with Crippen molar-refractivity contribution in [2.24, 2.45) is 0 Å². The minimum atomic E-state index is -0.0959. The number of benzene rings is 1. The lowest BCUT2D eigenvalue weighted by atomic mass is 10.2. The molecule has 3 rings (SSSR count). The lowest BCUT2D eigenvalue weighted by Crippen LogP contribution is -2.32. The zero-order chi connectivity index (χ0) is 18.2. The molecule has 8 heteroatoms. The third-order valence-corrected chi connectivity index (χ3v) is 3.91. The van der Waals surface area contributed by atoms with Gasteiger partial charge in [0.25, 0.3) is 5.91 Å². The van der Waals surface area contributed by atoms with Crippen LogP contribution in [0.1, 0.15) is 29.4 Å². The van der Waals surface area contributed by atoms with Gasteiger partial charge in [0.05, 0.1) is 5.69 Å². The first kappa shape index (κ1) is 23.8. The lowest BCUT2D eigenvalue weighted by molar-refractivity contribution is 0.0953. The van der Waals surface area contributed by atoms with Gasteiger partial charge in [-0.15, -0.1) is 24.8 Å². The number of imidazole rings is 1. The quantitative estimate of drug-likeness (QED) is 0.515. The molecule has 152 valence electrons. The van der Waals surface area contributed by atoms with Gasteiger partial charge in [0.1, 0.15) is 18.0 Å². The summed E-state index contributed by atoms with van der Waals surface area (Å²) in [7, 11) is 0. The fourth-order valence-electron chi connectivity index (χ4n) is 2.61. The molecule has 0 aliphatic rings. The first-order chi connectivity index (χ1) is 12.8. The van der Waals surface area contributed by atoms with E-state index in [-0.39, 0.29) is 30.7 Å². The minimum absolute atomic E-state index is 0. The van der Waals surface area contributed by atoms with E-state index < -0.39 is 0 Å². The maximum absolute atomic E-state index is 12.2. The van der Waals surface area contributed by atoms with Crippen molar-refractivity contribution in [3.8, 4) is 5.75 Å². The highest BCUT2D eigenvalue weighted by Crippen LogP contribution is 2.15. The van der Waals surface area contributed by atoms with Gasteiger partial charge in [-0.1, -0.05) is 19.1 Å². The van der Waals surface area contributed by atoms with Crippen LogP contribution in [0.3, 0.4) is 0 Å². The molecular formula is C20H26Cl2N4O2. The maximum atomic E-state index is 12.2. The Kier molecular flexibility index (Phi) is 10.4. The van der Waals surface area contributed by atoms with Gasteiger partial charge in [0.2, 0.25) is 0 Å². The fourth-order valence-corrected chi connectivity index (χ4v) is 2.61.